The minimum absolute atomic E-state index is 0.0747. The molecular formula is C11H15N3O2S. The molecule has 1 aromatic rings. The number of hydrogen-bond acceptors (Lipinski definition) is 4. The Morgan fingerprint density at radius 1 is 1.59 bits per heavy atom. The molecule has 0 amide bonds. The molecule has 0 aromatic heterocycles. The van der Waals surface area contributed by atoms with Crippen LogP contribution in [0.2, 0.25) is 0 Å². The smallest absolute Gasteiger partial charge is 0.186 e. The van der Waals surface area contributed by atoms with E-state index in [-0.39, 0.29) is 5.75 Å². The van der Waals surface area contributed by atoms with Crippen LogP contribution < -0.4 is 15.5 Å². The molecule has 6 heteroatoms. The molecule has 0 unspecified atom stereocenters. The average Bonchev–Trinajstić information content (AvgIpc) is 2.29. The van der Waals surface area contributed by atoms with Gasteiger partial charge in [0.05, 0.1) is 13.3 Å². The molecule has 0 fully saturated rings. The Morgan fingerprint density at radius 3 is 2.94 bits per heavy atom. The van der Waals surface area contributed by atoms with E-state index < -0.39 is 0 Å². The third-order valence-electron chi connectivity index (χ3n) is 1.92. The van der Waals surface area contributed by atoms with Crippen molar-refractivity contribution in [2.45, 2.75) is 6.92 Å². The summed E-state index contributed by atoms with van der Waals surface area (Å²) in [6, 6.07) is 5.00. The van der Waals surface area contributed by atoms with Crippen molar-refractivity contribution < 1.29 is 9.84 Å². The van der Waals surface area contributed by atoms with Gasteiger partial charge in [-0.2, -0.15) is 5.10 Å². The zero-order chi connectivity index (χ0) is 12.7. The van der Waals surface area contributed by atoms with Gasteiger partial charge < -0.3 is 15.2 Å². The van der Waals surface area contributed by atoms with Gasteiger partial charge in [-0.1, -0.05) is 0 Å². The van der Waals surface area contributed by atoms with E-state index in [1.54, 1.807) is 24.4 Å². The van der Waals surface area contributed by atoms with Gasteiger partial charge in [0.2, 0.25) is 0 Å². The summed E-state index contributed by atoms with van der Waals surface area (Å²) in [5, 5.41) is 16.8. The molecule has 3 N–H and O–H groups in total. The molecule has 0 atom stereocenters. The lowest BCUT2D eigenvalue weighted by Gasteiger charge is -2.04. The van der Waals surface area contributed by atoms with E-state index >= 15 is 0 Å². The summed E-state index contributed by atoms with van der Waals surface area (Å²) >= 11 is 4.93. The summed E-state index contributed by atoms with van der Waals surface area (Å²) in [6.45, 7) is 2.68. The van der Waals surface area contributed by atoms with Gasteiger partial charge in [0.15, 0.2) is 16.6 Å². The number of phenolic OH excluding ortho intramolecular Hbond substituents is 1. The van der Waals surface area contributed by atoms with E-state index in [2.05, 4.69) is 15.8 Å². The van der Waals surface area contributed by atoms with Gasteiger partial charge in [0.25, 0.3) is 0 Å². The van der Waals surface area contributed by atoms with Gasteiger partial charge >= 0.3 is 0 Å². The first-order valence-corrected chi connectivity index (χ1v) is 5.52. The molecule has 0 spiro atoms. The van der Waals surface area contributed by atoms with Crippen molar-refractivity contribution in [1.82, 2.24) is 10.7 Å². The van der Waals surface area contributed by atoms with Crippen LogP contribution >= 0.6 is 12.2 Å². The number of aromatic hydroxyl groups is 1. The molecule has 5 nitrogen and oxygen atoms in total. The van der Waals surface area contributed by atoms with Crippen LogP contribution in [0.5, 0.6) is 11.5 Å². The lowest BCUT2D eigenvalue weighted by atomic mass is 10.2. The Kier molecular flexibility index (Phi) is 5.22. The van der Waals surface area contributed by atoms with Crippen LogP contribution in [0.4, 0.5) is 0 Å². The highest BCUT2D eigenvalue weighted by Crippen LogP contribution is 2.25. The molecule has 92 valence electrons. The molecule has 1 aromatic carbocycles. The summed E-state index contributed by atoms with van der Waals surface area (Å²) in [7, 11) is 1.50. The topological polar surface area (TPSA) is 65.9 Å². The summed E-state index contributed by atoms with van der Waals surface area (Å²) in [4.78, 5) is 0. The maximum Gasteiger partial charge on any atom is 0.186 e. The highest BCUT2D eigenvalue weighted by atomic mass is 32.1. The lowest BCUT2D eigenvalue weighted by Crippen LogP contribution is -2.31. The van der Waals surface area contributed by atoms with Crippen molar-refractivity contribution in [3.8, 4) is 11.5 Å². The fourth-order valence-corrected chi connectivity index (χ4v) is 1.35. The second-order valence-corrected chi connectivity index (χ2v) is 3.57. The number of rotatable bonds is 4. The number of nitrogens with one attached hydrogen (secondary N) is 2. The van der Waals surface area contributed by atoms with Crippen LogP contribution in [0.15, 0.2) is 23.3 Å². The summed E-state index contributed by atoms with van der Waals surface area (Å²) in [5.74, 6) is 0.504. The predicted octanol–water partition coefficient (Wildman–Crippen LogP) is 1.22. The molecule has 0 bridgehead atoms. The maximum atomic E-state index is 9.54. The number of hydrazone groups is 1. The monoisotopic (exact) mass is 253 g/mol. The molecule has 0 saturated carbocycles. The minimum atomic E-state index is 0.0747. The SMILES string of the molecule is CCNC(=S)N/N=C/c1ccc(OC)c(O)c1. The molecule has 1 rings (SSSR count). The van der Waals surface area contributed by atoms with E-state index in [0.29, 0.717) is 10.9 Å². The zero-order valence-electron chi connectivity index (χ0n) is 9.73. The number of benzene rings is 1. The van der Waals surface area contributed by atoms with E-state index in [0.717, 1.165) is 12.1 Å². The van der Waals surface area contributed by atoms with Crippen molar-refractivity contribution in [2.24, 2.45) is 5.10 Å². The largest absolute Gasteiger partial charge is 0.504 e. The fourth-order valence-electron chi connectivity index (χ4n) is 1.15. The number of thiocarbonyl (C=S) groups is 1. The molecule has 0 aliphatic heterocycles. The molecule has 0 radical (unpaired) electrons. The molecule has 17 heavy (non-hydrogen) atoms. The van der Waals surface area contributed by atoms with Crippen LogP contribution in [-0.2, 0) is 0 Å². The van der Waals surface area contributed by atoms with Gasteiger partial charge in [0.1, 0.15) is 0 Å². The standard InChI is InChI=1S/C11H15N3O2S/c1-3-12-11(17)14-13-7-8-4-5-10(16-2)9(15)6-8/h4-7,15H,3H2,1-2H3,(H2,12,14,17)/b13-7+. The quantitative estimate of drug-likeness (QED) is 0.428. The second-order valence-electron chi connectivity index (χ2n) is 3.16. The first-order valence-electron chi connectivity index (χ1n) is 5.11. The van der Waals surface area contributed by atoms with Crippen LogP contribution in [0.1, 0.15) is 12.5 Å². The Bertz CT molecular complexity index is 421. The molecule has 0 aliphatic carbocycles. The van der Waals surface area contributed by atoms with Gasteiger partial charge in [-0.05, 0) is 42.9 Å². The first-order chi connectivity index (χ1) is 8.17. The van der Waals surface area contributed by atoms with Crippen LogP contribution in [0.25, 0.3) is 0 Å². The Balaban J connectivity index is 2.60. The number of nitrogens with zero attached hydrogens (tertiary/aromatic N) is 1. The number of methoxy groups -OCH3 is 1. The van der Waals surface area contributed by atoms with Gasteiger partial charge in [-0.3, -0.25) is 5.43 Å². The van der Waals surface area contributed by atoms with Crippen molar-refractivity contribution in [2.75, 3.05) is 13.7 Å². The number of phenols is 1. The molecule has 0 aliphatic rings. The lowest BCUT2D eigenvalue weighted by molar-refractivity contribution is 0.373. The van der Waals surface area contributed by atoms with Crippen molar-refractivity contribution in [1.29, 1.82) is 0 Å². The van der Waals surface area contributed by atoms with Gasteiger partial charge in [-0.15, -0.1) is 0 Å². The summed E-state index contributed by atoms with van der Waals surface area (Å²) < 4.78 is 4.93. The van der Waals surface area contributed by atoms with Crippen LogP contribution in [-0.4, -0.2) is 30.1 Å². The number of hydrogen-bond donors (Lipinski definition) is 3. The zero-order valence-corrected chi connectivity index (χ0v) is 10.5. The average molecular weight is 253 g/mol. The normalized spacial score (nSPS) is 10.2. The summed E-state index contributed by atoms with van der Waals surface area (Å²) in [6.07, 6.45) is 1.56. The van der Waals surface area contributed by atoms with Crippen molar-refractivity contribution in [3.05, 3.63) is 23.8 Å². The number of ether oxygens (including phenoxy) is 1. The minimum Gasteiger partial charge on any atom is -0.504 e. The third-order valence-corrected chi connectivity index (χ3v) is 2.16. The first kappa shape index (κ1) is 13.2. The Morgan fingerprint density at radius 2 is 2.35 bits per heavy atom. The predicted molar refractivity (Wildman–Crippen MR) is 71.7 cm³/mol. The maximum absolute atomic E-state index is 9.54. The van der Waals surface area contributed by atoms with E-state index in [1.165, 1.54) is 7.11 Å². The van der Waals surface area contributed by atoms with E-state index in [1.807, 2.05) is 6.92 Å². The second kappa shape index (κ2) is 6.70. The van der Waals surface area contributed by atoms with E-state index in [9.17, 15) is 5.11 Å². The van der Waals surface area contributed by atoms with Crippen LogP contribution in [0.3, 0.4) is 0 Å². The molecule has 0 heterocycles. The van der Waals surface area contributed by atoms with Gasteiger partial charge in [-0.25, -0.2) is 0 Å². The highest BCUT2D eigenvalue weighted by molar-refractivity contribution is 7.80. The van der Waals surface area contributed by atoms with Crippen molar-refractivity contribution >= 4 is 23.5 Å². The Labute approximate surface area is 105 Å². The molecular weight excluding hydrogens is 238 g/mol. The Hall–Kier alpha value is -1.82. The van der Waals surface area contributed by atoms with Crippen molar-refractivity contribution in [3.63, 3.8) is 0 Å². The van der Waals surface area contributed by atoms with Crippen LogP contribution in [0, 0.1) is 0 Å². The highest BCUT2D eigenvalue weighted by Gasteiger charge is 2.00. The van der Waals surface area contributed by atoms with E-state index in [4.69, 9.17) is 17.0 Å². The van der Waals surface area contributed by atoms with Gasteiger partial charge in [0, 0.05) is 6.54 Å². The third kappa shape index (κ3) is 4.28. The fraction of sp³-hybridized carbons (Fsp3) is 0.273. The summed E-state index contributed by atoms with van der Waals surface area (Å²) in [5.41, 5.74) is 3.40. The molecule has 0 saturated heterocycles.